The normalized spacial score (nSPS) is 19.1. The van der Waals surface area contributed by atoms with Gasteiger partial charge in [0.25, 0.3) is 11.4 Å². The van der Waals surface area contributed by atoms with Crippen molar-refractivity contribution in [3.05, 3.63) is 117 Å². The number of nitro benzene ring substituents is 2. The van der Waals surface area contributed by atoms with E-state index in [1.165, 1.54) is 6.07 Å². The van der Waals surface area contributed by atoms with Crippen molar-refractivity contribution in [3.63, 3.8) is 0 Å². The first-order valence-corrected chi connectivity index (χ1v) is 8.57. The van der Waals surface area contributed by atoms with Gasteiger partial charge in [-0.1, -0.05) is 8.81 Å². The van der Waals surface area contributed by atoms with E-state index in [0.29, 0.717) is 17.0 Å². The van der Waals surface area contributed by atoms with Gasteiger partial charge in [-0.2, -0.15) is 16.2 Å². The molecule has 1 aromatic carbocycles. The van der Waals surface area contributed by atoms with E-state index in [1.807, 2.05) is 0 Å². The van der Waals surface area contributed by atoms with Gasteiger partial charge in [-0.05, 0) is 12.1 Å². The Hall–Kier alpha value is -3.10. The Labute approximate surface area is 198 Å². The summed E-state index contributed by atoms with van der Waals surface area (Å²) in [6.07, 6.45) is 6.50. The predicted octanol–water partition coefficient (Wildman–Crippen LogP) is 2.39. The fourth-order valence-electron chi connectivity index (χ4n) is 4.26. The quantitative estimate of drug-likeness (QED) is 0.251. The minimum Gasteiger partial charge on any atom is -0.360 e. The number of pyridine rings is 2. The molecule has 0 bridgehead atoms. The molecular weight excluding hydrogens is 461 g/mol. The molecule has 9 heteroatoms. The number of non-ortho nitro benzene ring substituents is 1. The van der Waals surface area contributed by atoms with Crippen LogP contribution in [0.25, 0.3) is 11.3 Å². The van der Waals surface area contributed by atoms with Crippen molar-refractivity contribution in [1.29, 1.82) is 0 Å². The maximum Gasteiger partial charge on any atom is 0.340 e. The van der Waals surface area contributed by atoms with Crippen molar-refractivity contribution in [2.24, 2.45) is 0 Å². The molecule has 0 N–H and O–H groups in total. The first-order chi connectivity index (χ1) is 14.9. The number of allylic oxidation sites excluding steroid dienone is 2. The Kier molecular flexibility index (Phi) is 4.14. The molecule has 1 spiro atoms. The SMILES string of the molecule is [3H][C-]=C([3H])C1=[C-]c2cccc[n+]2C12c1c(cc([N+](=O)[O-])cc1[N+](=O)[O-])-c1cccc[n+]12.[Y]. The van der Waals surface area contributed by atoms with Gasteiger partial charge in [0, 0.05) is 50.9 Å². The minimum absolute atomic E-state index is 0. The Balaban J connectivity index is 0.00000245. The maximum absolute atomic E-state index is 12.1. The van der Waals surface area contributed by atoms with Gasteiger partial charge in [-0.25, -0.2) is 0 Å². The van der Waals surface area contributed by atoms with Crippen molar-refractivity contribution in [1.82, 2.24) is 0 Å². The number of aromatic nitrogens is 2. The van der Waals surface area contributed by atoms with Gasteiger partial charge in [-0.3, -0.25) is 20.2 Å². The fraction of sp³-hybridized carbons (Fsp3) is 0.0476. The number of hydrogen-bond donors (Lipinski definition) is 0. The molecule has 0 aliphatic carbocycles. The van der Waals surface area contributed by atoms with Gasteiger partial charge < -0.3 is 12.6 Å². The number of nitrogens with zero attached hydrogens (tertiary/aromatic N) is 4. The topological polar surface area (TPSA) is 94.0 Å². The van der Waals surface area contributed by atoms with E-state index < -0.39 is 26.9 Å². The van der Waals surface area contributed by atoms with E-state index >= 15 is 0 Å². The molecule has 1 unspecified atom stereocenters. The van der Waals surface area contributed by atoms with Crippen LogP contribution in [-0.2, 0) is 38.4 Å². The van der Waals surface area contributed by atoms with Crippen LogP contribution in [0.1, 0.15) is 14.0 Å². The average molecular weight is 477 g/mol. The van der Waals surface area contributed by atoms with Crippen molar-refractivity contribution in [3.8, 4) is 11.3 Å². The summed E-state index contributed by atoms with van der Waals surface area (Å²) in [6, 6.07) is 12.4. The van der Waals surface area contributed by atoms with Crippen LogP contribution < -0.4 is 9.13 Å². The Morgan fingerprint density at radius 3 is 2.53 bits per heavy atom. The molecular formula is C21H12N4O4Y. The summed E-state index contributed by atoms with van der Waals surface area (Å²) < 4.78 is 19.4. The maximum atomic E-state index is 12.1. The molecule has 5 rings (SSSR count). The molecule has 30 heavy (non-hydrogen) atoms. The number of fused-ring (bicyclic) bond motifs is 7. The predicted molar refractivity (Wildman–Crippen MR) is 99.2 cm³/mol. The molecule has 8 nitrogen and oxygen atoms in total. The molecule has 143 valence electrons. The van der Waals surface area contributed by atoms with Gasteiger partial charge in [0.15, 0.2) is 18.0 Å². The number of nitro groups is 2. The summed E-state index contributed by atoms with van der Waals surface area (Å²) in [7, 11) is 0. The van der Waals surface area contributed by atoms with Crippen LogP contribution in [0, 0.1) is 32.9 Å². The third-order valence-corrected chi connectivity index (χ3v) is 5.28. The molecule has 0 amide bonds. The van der Waals surface area contributed by atoms with E-state index in [0.717, 1.165) is 6.07 Å². The van der Waals surface area contributed by atoms with Gasteiger partial charge >= 0.3 is 5.66 Å². The van der Waals surface area contributed by atoms with Crippen LogP contribution >= 0.6 is 0 Å². The zero-order chi connectivity index (χ0) is 21.9. The van der Waals surface area contributed by atoms with E-state index in [2.05, 4.69) is 12.6 Å². The smallest absolute Gasteiger partial charge is 0.340 e. The first kappa shape index (κ1) is 17.7. The minimum atomic E-state index is -1.45. The molecule has 0 fully saturated rings. The molecule has 1 radical (unpaired) electrons. The van der Waals surface area contributed by atoms with Crippen LogP contribution in [0.15, 0.2) is 72.5 Å². The molecule has 0 saturated carbocycles. The van der Waals surface area contributed by atoms with Crippen molar-refractivity contribution >= 4 is 11.4 Å². The molecule has 2 aliphatic rings. The first-order valence-electron chi connectivity index (χ1n) is 9.57. The van der Waals surface area contributed by atoms with Gasteiger partial charge in [0.1, 0.15) is 0 Å². The molecule has 3 aromatic rings. The summed E-state index contributed by atoms with van der Waals surface area (Å²) >= 11 is 0. The Morgan fingerprint density at radius 2 is 1.83 bits per heavy atom. The van der Waals surface area contributed by atoms with Gasteiger partial charge in [0.05, 0.1) is 27.2 Å². The van der Waals surface area contributed by atoms with E-state index in [9.17, 15) is 20.2 Å². The van der Waals surface area contributed by atoms with Crippen LogP contribution in [0.5, 0.6) is 0 Å². The van der Waals surface area contributed by atoms with E-state index in [4.69, 9.17) is 2.74 Å². The molecule has 2 aliphatic heterocycles. The van der Waals surface area contributed by atoms with Crippen LogP contribution in [-0.4, -0.2) is 9.85 Å². The second-order valence-corrected chi connectivity index (χ2v) is 6.61. The standard InChI is InChI=1S/C21H12N4O4.Y/c1-2-14-11-15-7-3-5-9-22(15)21(14)20-17(18-8-4-6-10-23(18)21)12-16(24(26)27)13-19(20)25(28)29;/h1-10,12-13H;/i1T,2T;. The number of benzene rings is 1. The monoisotopic (exact) mass is 477 g/mol. The van der Waals surface area contributed by atoms with Crippen LogP contribution in [0.4, 0.5) is 11.4 Å². The zero-order valence-electron chi connectivity index (χ0n) is 17.3. The number of hydrogen-bond acceptors (Lipinski definition) is 4. The van der Waals surface area contributed by atoms with E-state index in [-0.39, 0.29) is 49.9 Å². The van der Waals surface area contributed by atoms with Crippen LogP contribution in [0.2, 0.25) is 0 Å². The Morgan fingerprint density at radius 1 is 1.10 bits per heavy atom. The molecule has 2 aromatic heterocycles. The van der Waals surface area contributed by atoms with Crippen molar-refractivity contribution < 1.29 is 54.4 Å². The third kappa shape index (κ3) is 2.41. The second kappa shape index (κ2) is 7.00. The largest absolute Gasteiger partial charge is 0.360 e. The second-order valence-electron chi connectivity index (χ2n) is 6.61. The summed E-state index contributed by atoms with van der Waals surface area (Å²) in [5.74, 6) is 0. The van der Waals surface area contributed by atoms with Crippen molar-refractivity contribution in [2.45, 2.75) is 5.66 Å². The third-order valence-electron chi connectivity index (χ3n) is 5.28. The molecule has 0 saturated heterocycles. The summed E-state index contributed by atoms with van der Waals surface area (Å²) in [6.45, 7) is 2.06. The molecule has 4 heterocycles. The Bertz CT molecular complexity index is 1390. The van der Waals surface area contributed by atoms with Crippen LogP contribution in [0.3, 0.4) is 0 Å². The summed E-state index contributed by atoms with van der Waals surface area (Å²) in [5.41, 5.74) is -0.598. The summed E-state index contributed by atoms with van der Waals surface area (Å²) in [4.78, 5) is 22.3. The zero-order valence-corrected chi connectivity index (χ0v) is 18.1. The average Bonchev–Trinajstić information content (AvgIpc) is 3.27. The van der Waals surface area contributed by atoms with Gasteiger partial charge in [-0.15, -0.1) is 10.6 Å². The summed E-state index contributed by atoms with van der Waals surface area (Å²) in [5, 5.41) is 23.6. The molecule has 1 atom stereocenters. The number of rotatable bonds is 3. The fourth-order valence-corrected chi connectivity index (χ4v) is 4.26. The van der Waals surface area contributed by atoms with E-state index in [1.54, 1.807) is 57.9 Å². The van der Waals surface area contributed by atoms with Crippen molar-refractivity contribution in [2.75, 3.05) is 0 Å². The van der Waals surface area contributed by atoms with Gasteiger partial charge in [0.2, 0.25) is 5.69 Å².